The Balaban J connectivity index is 2.49. The van der Waals surface area contributed by atoms with Crippen LogP contribution in [0.25, 0.3) is 0 Å². The van der Waals surface area contributed by atoms with Gasteiger partial charge in [-0.2, -0.15) is 0 Å². The van der Waals surface area contributed by atoms with Crippen LogP contribution >= 0.6 is 11.6 Å². The number of halogens is 1. The molecule has 84 valence electrons. The second-order valence-corrected chi connectivity index (χ2v) is 3.61. The summed E-state index contributed by atoms with van der Waals surface area (Å²) < 4.78 is 10.1. The Kier molecular flexibility index (Phi) is 5.21. The number of hydrogen-bond donors (Lipinski definition) is 1. The van der Waals surface area contributed by atoms with Gasteiger partial charge in [0.15, 0.2) is 11.6 Å². The van der Waals surface area contributed by atoms with E-state index < -0.39 is 0 Å². The van der Waals surface area contributed by atoms with E-state index >= 15 is 0 Å². The van der Waals surface area contributed by atoms with Crippen LogP contribution in [0, 0.1) is 0 Å². The van der Waals surface area contributed by atoms with E-state index in [4.69, 9.17) is 21.1 Å². The van der Waals surface area contributed by atoms with Crippen molar-refractivity contribution in [1.29, 1.82) is 0 Å². The van der Waals surface area contributed by atoms with Crippen LogP contribution in [0.15, 0.2) is 18.3 Å². The zero-order valence-electron chi connectivity index (χ0n) is 8.87. The number of nitrogens with zero attached hydrogens (tertiary/aromatic N) is 1. The zero-order chi connectivity index (χ0) is 11.1. The predicted octanol–water partition coefficient (Wildman–Crippen LogP) is 1.76. The number of pyridine rings is 1. The van der Waals surface area contributed by atoms with Crippen molar-refractivity contribution in [2.45, 2.75) is 5.38 Å². The van der Waals surface area contributed by atoms with Gasteiger partial charge in [0.25, 0.3) is 0 Å². The van der Waals surface area contributed by atoms with Crippen LogP contribution in [0.1, 0.15) is 0 Å². The van der Waals surface area contributed by atoms with Gasteiger partial charge in [-0.05, 0) is 12.1 Å². The number of anilines is 1. The first-order valence-corrected chi connectivity index (χ1v) is 5.07. The highest BCUT2D eigenvalue weighted by molar-refractivity contribution is 6.21. The summed E-state index contributed by atoms with van der Waals surface area (Å²) in [5.41, 5.74) is 0. The molecule has 5 heteroatoms. The average molecular weight is 231 g/mol. The fraction of sp³-hybridized carbons (Fsp3) is 0.500. The van der Waals surface area contributed by atoms with E-state index in [9.17, 15) is 0 Å². The quantitative estimate of drug-likeness (QED) is 0.757. The van der Waals surface area contributed by atoms with Crippen molar-refractivity contribution in [3.05, 3.63) is 18.3 Å². The van der Waals surface area contributed by atoms with Crippen molar-refractivity contribution in [2.24, 2.45) is 0 Å². The van der Waals surface area contributed by atoms with Gasteiger partial charge in [0.2, 0.25) is 0 Å². The molecule has 0 saturated heterocycles. The van der Waals surface area contributed by atoms with E-state index in [1.165, 1.54) is 0 Å². The lowest BCUT2D eigenvalue weighted by atomic mass is 10.4. The van der Waals surface area contributed by atoms with Gasteiger partial charge < -0.3 is 14.8 Å². The van der Waals surface area contributed by atoms with Gasteiger partial charge in [-0.15, -0.1) is 11.6 Å². The van der Waals surface area contributed by atoms with E-state index in [2.05, 4.69) is 10.3 Å². The number of ether oxygens (including phenoxy) is 2. The van der Waals surface area contributed by atoms with Crippen LogP contribution in [-0.4, -0.2) is 37.7 Å². The smallest absolute Gasteiger partial charge is 0.168 e. The molecule has 4 nitrogen and oxygen atoms in total. The molecule has 0 aliphatic carbocycles. The number of methoxy groups -OCH3 is 2. The number of aromatic nitrogens is 1. The van der Waals surface area contributed by atoms with Crippen LogP contribution in [0.4, 0.5) is 5.82 Å². The molecule has 1 heterocycles. The maximum Gasteiger partial charge on any atom is 0.168 e. The normalized spacial score (nSPS) is 12.2. The molecule has 0 radical (unpaired) electrons. The first-order chi connectivity index (χ1) is 7.27. The molecule has 15 heavy (non-hydrogen) atoms. The second-order valence-electron chi connectivity index (χ2n) is 2.99. The molecular formula is C10H15ClN2O2. The maximum absolute atomic E-state index is 5.97. The maximum atomic E-state index is 5.97. The number of hydrogen-bond acceptors (Lipinski definition) is 4. The molecule has 1 rings (SSSR count). The Bertz CT molecular complexity index is 297. The summed E-state index contributed by atoms with van der Waals surface area (Å²) in [6.45, 7) is 1.09. The van der Waals surface area contributed by atoms with Crippen LogP contribution < -0.4 is 10.1 Å². The third kappa shape index (κ3) is 3.93. The summed E-state index contributed by atoms with van der Waals surface area (Å²) >= 11 is 5.97. The molecular weight excluding hydrogens is 216 g/mol. The monoisotopic (exact) mass is 230 g/mol. The van der Waals surface area contributed by atoms with Gasteiger partial charge >= 0.3 is 0 Å². The summed E-state index contributed by atoms with van der Waals surface area (Å²) in [6.07, 6.45) is 1.70. The van der Waals surface area contributed by atoms with E-state index in [0.717, 1.165) is 0 Å². The lowest BCUT2D eigenvalue weighted by Gasteiger charge is -2.12. The van der Waals surface area contributed by atoms with Gasteiger partial charge in [-0.1, -0.05) is 0 Å². The third-order valence-corrected chi connectivity index (χ3v) is 2.11. The predicted molar refractivity (Wildman–Crippen MR) is 60.8 cm³/mol. The lowest BCUT2D eigenvalue weighted by molar-refractivity contribution is 0.200. The Morgan fingerprint density at radius 1 is 1.53 bits per heavy atom. The van der Waals surface area contributed by atoms with Crippen molar-refractivity contribution in [3.8, 4) is 5.75 Å². The second kappa shape index (κ2) is 6.48. The highest BCUT2D eigenvalue weighted by Gasteiger charge is 2.06. The molecule has 1 unspecified atom stereocenters. The first kappa shape index (κ1) is 12.1. The van der Waals surface area contributed by atoms with Crippen molar-refractivity contribution < 1.29 is 9.47 Å². The molecule has 1 aromatic rings. The van der Waals surface area contributed by atoms with Gasteiger partial charge in [-0.3, -0.25) is 0 Å². The Hall–Kier alpha value is -1.00. The minimum atomic E-state index is -0.0817. The lowest BCUT2D eigenvalue weighted by Crippen LogP contribution is -2.19. The van der Waals surface area contributed by atoms with E-state index in [-0.39, 0.29) is 5.38 Å². The molecule has 1 atom stereocenters. The summed E-state index contributed by atoms with van der Waals surface area (Å²) in [5, 5.41) is 3.02. The van der Waals surface area contributed by atoms with Gasteiger partial charge in [0.1, 0.15) is 0 Å². The highest BCUT2D eigenvalue weighted by Crippen LogP contribution is 2.19. The SMILES string of the molecule is COCC(Cl)CNc1ncccc1OC. The van der Waals surface area contributed by atoms with Crippen molar-refractivity contribution in [3.63, 3.8) is 0 Å². The molecule has 0 aliphatic rings. The summed E-state index contributed by atoms with van der Waals surface area (Å²) in [4.78, 5) is 4.15. The minimum Gasteiger partial charge on any atom is -0.493 e. The van der Waals surface area contributed by atoms with E-state index in [1.54, 1.807) is 20.4 Å². The highest BCUT2D eigenvalue weighted by atomic mass is 35.5. The van der Waals surface area contributed by atoms with Crippen LogP contribution in [0.5, 0.6) is 5.75 Å². The molecule has 0 bridgehead atoms. The largest absolute Gasteiger partial charge is 0.493 e. The Morgan fingerprint density at radius 3 is 3.00 bits per heavy atom. The van der Waals surface area contributed by atoms with Crippen molar-refractivity contribution in [2.75, 3.05) is 32.7 Å². The molecule has 0 amide bonds. The molecule has 0 fully saturated rings. The molecule has 0 aromatic carbocycles. The summed E-state index contributed by atoms with van der Waals surface area (Å²) in [6, 6.07) is 3.66. The number of nitrogens with one attached hydrogen (secondary N) is 1. The van der Waals surface area contributed by atoms with E-state index in [0.29, 0.717) is 24.7 Å². The number of rotatable bonds is 6. The van der Waals surface area contributed by atoms with Crippen LogP contribution in [0.2, 0.25) is 0 Å². The van der Waals surface area contributed by atoms with Crippen LogP contribution in [-0.2, 0) is 4.74 Å². The Morgan fingerprint density at radius 2 is 2.33 bits per heavy atom. The standard InChI is InChI=1S/C10H15ClN2O2/c1-14-7-8(11)6-13-10-9(15-2)4-3-5-12-10/h3-5,8H,6-7H2,1-2H3,(H,12,13). The van der Waals surface area contributed by atoms with Crippen molar-refractivity contribution >= 4 is 17.4 Å². The van der Waals surface area contributed by atoms with Crippen molar-refractivity contribution in [1.82, 2.24) is 4.98 Å². The molecule has 0 aliphatic heterocycles. The molecule has 1 aromatic heterocycles. The molecule has 0 saturated carbocycles. The minimum absolute atomic E-state index is 0.0817. The fourth-order valence-electron chi connectivity index (χ4n) is 1.14. The van der Waals surface area contributed by atoms with Gasteiger partial charge in [0, 0.05) is 19.9 Å². The first-order valence-electron chi connectivity index (χ1n) is 4.63. The van der Waals surface area contributed by atoms with Gasteiger partial charge in [0.05, 0.1) is 19.1 Å². The molecule has 0 spiro atoms. The number of alkyl halides is 1. The average Bonchev–Trinajstić information content (AvgIpc) is 2.27. The molecule has 1 N–H and O–H groups in total. The third-order valence-electron chi connectivity index (χ3n) is 1.83. The van der Waals surface area contributed by atoms with E-state index in [1.807, 2.05) is 12.1 Å². The summed E-state index contributed by atoms with van der Waals surface area (Å²) in [7, 11) is 3.23. The topological polar surface area (TPSA) is 43.4 Å². The fourth-order valence-corrected chi connectivity index (χ4v) is 1.34. The Labute approximate surface area is 94.6 Å². The zero-order valence-corrected chi connectivity index (χ0v) is 9.62. The summed E-state index contributed by atoms with van der Waals surface area (Å²) in [5.74, 6) is 1.40. The van der Waals surface area contributed by atoms with Crippen LogP contribution in [0.3, 0.4) is 0 Å². The van der Waals surface area contributed by atoms with Gasteiger partial charge in [-0.25, -0.2) is 4.98 Å².